The van der Waals surface area contributed by atoms with Crippen LogP contribution in [0.1, 0.15) is 40.5 Å². The van der Waals surface area contributed by atoms with Crippen LogP contribution >= 0.6 is 0 Å². The summed E-state index contributed by atoms with van der Waals surface area (Å²) in [7, 11) is 0. The SMILES string of the molecule is CC(O)/C=C/[C@@]1(O)[C@H](C)CC(=O)CC1(C)C. The van der Waals surface area contributed by atoms with Crippen molar-refractivity contribution in [1.82, 2.24) is 0 Å². The second-order valence-corrected chi connectivity index (χ2v) is 5.63. The summed E-state index contributed by atoms with van der Waals surface area (Å²) in [5, 5.41) is 19.9. The highest BCUT2D eigenvalue weighted by atomic mass is 16.3. The van der Waals surface area contributed by atoms with Crippen molar-refractivity contribution < 1.29 is 15.0 Å². The summed E-state index contributed by atoms with van der Waals surface area (Å²) in [5.74, 6) is 0.0892. The molecule has 16 heavy (non-hydrogen) atoms. The average Bonchev–Trinajstić information content (AvgIpc) is 2.10. The minimum Gasteiger partial charge on any atom is -0.389 e. The summed E-state index contributed by atoms with van der Waals surface area (Å²) in [6.45, 7) is 7.32. The number of Topliss-reactive ketones (excluding diaryl/α,β-unsaturated/α-hetero) is 1. The van der Waals surface area contributed by atoms with Crippen LogP contribution in [0.4, 0.5) is 0 Å². The largest absolute Gasteiger partial charge is 0.389 e. The Labute approximate surface area is 97.2 Å². The van der Waals surface area contributed by atoms with Crippen LogP contribution < -0.4 is 0 Å². The zero-order valence-electron chi connectivity index (χ0n) is 10.5. The lowest BCUT2D eigenvalue weighted by molar-refractivity contribution is -0.142. The van der Waals surface area contributed by atoms with Crippen molar-refractivity contribution >= 4 is 5.78 Å². The number of aliphatic hydroxyl groups excluding tert-OH is 1. The van der Waals surface area contributed by atoms with Crippen molar-refractivity contribution in [1.29, 1.82) is 0 Å². The first-order valence-corrected chi connectivity index (χ1v) is 5.80. The van der Waals surface area contributed by atoms with Gasteiger partial charge >= 0.3 is 0 Å². The van der Waals surface area contributed by atoms with Crippen LogP contribution in [0.25, 0.3) is 0 Å². The molecule has 0 heterocycles. The van der Waals surface area contributed by atoms with E-state index in [1.165, 1.54) is 0 Å². The lowest BCUT2D eigenvalue weighted by Crippen LogP contribution is -2.53. The van der Waals surface area contributed by atoms with Crippen molar-refractivity contribution in [3.63, 3.8) is 0 Å². The van der Waals surface area contributed by atoms with Gasteiger partial charge < -0.3 is 10.2 Å². The molecule has 0 aromatic rings. The molecular formula is C13H22O3. The highest BCUT2D eigenvalue weighted by Gasteiger charge is 2.50. The molecule has 1 aliphatic rings. The molecule has 0 aromatic heterocycles. The van der Waals surface area contributed by atoms with Gasteiger partial charge in [-0.05, 0) is 12.8 Å². The Morgan fingerprint density at radius 1 is 1.50 bits per heavy atom. The molecule has 3 heteroatoms. The summed E-state index contributed by atoms with van der Waals surface area (Å²) in [6.07, 6.45) is 3.47. The molecule has 0 aromatic carbocycles. The molecule has 92 valence electrons. The van der Waals surface area contributed by atoms with Gasteiger partial charge in [0.15, 0.2) is 0 Å². The van der Waals surface area contributed by atoms with Crippen LogP contribution in [0.5, 0.6) is 0 Å². The molecule has 1 saturated carbocycles. The molecule has 1 rings (SSSR count). The number of ketones is 1. The third-order valence-corrected chi connectivity index (χ3v) is 3.64. The molecule has 3 nitrogen and oxygen atoms in total. The summed E-state index contributed by atoms with van der Waals surface area (Å²) in [6, 6.07) is 0. The molecule has 0 bridgehead atoms. The Morgan fingerprint density at radius 3 is 2.50 bits per heavy atom. The summed E-state index contributed by atoms with van der Waals surface area (Å²) < 4.78 is 0. The van der Waals surface area contributed by atoms with E-state index in [2.05, 4.69) is 0 Å². The lowest BCUT2D eigenvalue weighted by atomic mass is 9.60. The quantitative estimate of drug-likeness (QED) is 0.704. The minimum atomic E-state index is -1.02. The van der Waals surface area contributed by atoms with E-state index in [1.54, 1.807) is 19.1 Å². The molecule has 0 amide bonds. The molecule has 1 unspecified atom stereocenters. The maximum absolute atomic E-state index is 11.5. The van der Waals surface area contributed by atoms with Gasteiger partial charge in [0, 0.05) is 18.3 Å². The maximum atomic E-state index is 11.5. The summed E-state index contributed by atoms with van der Waals surface area (Å²) >= 11 is 0. The zero-order chi connectivity index (χ0) is 12.6. The van der Waals surface area contributed by atoms with E-state index in [0.29, 0.717) is 12.8 Å². The Bertz CT molecular complexity index is 304. The smallest absolute Gasteiger partial charge is 0.133 e. The first-order chi connectivity index (χ1) is 7.19. The molecule has 3 atom stereocenters. The van der Waals surface area contributed by atoms with E-state index in [9.17, 15) is 15.0 Å². The van der Waals surface area contributed by atoms with Crippen LogP contribution in [0.2, 0.25) is 0 Å². The fraction of sp³-hybridized carbons (Fsp3) is 0.769. The predicted molar refractivity (Wildman–Crippen MR) is 63.0 cm³/mol. The molecular weight excluding hydrogens is 204 g/mol. The van der Waals surface area contributed by atoms with Crippen molar-refractivity contribution in [2.24, 2.45) is 11.3 Å². The molecule has 0 radical (unpaired) electrons. The lowest BCUT2D eigenvalue weighted by Gasteiger charge is -2.48. The highest BCUT2D eigenvalue weighted by molar-refractivity contribution is 5.81. The van der Waals surface area contributed by atoms with E-state index in [1.807, 2.05) is 20.8 Å². The third kappa shape index (κ3) is 2.36. The second-order valence-electron chi connectivity index (χ2n) is 5.63. The number of carbonyl (C=O) groups excluding carboxylic acids is 1. The molecule has 2 N–H and O–H groups in total. The Morgan fingerprint density at radius 2 is 2.06 bits per heavy atom. The summed E-state index contributed by atoms with van der Waals surface area (Å²) in [5.41, 5.74) is -1.50. The van der Waals surface area contributed by atoms with Gasteiger partial charge in [0.2, 0.25) is 0 Å². The summed E-state index contributed by atoms with van der Waals surface area (Å²) in [4.78, 5) is 11.5. The van der Waals surface area contributed by atoms with Crippen LogP contribution in [0.15, 0.2) is 12.2 Å². The van der Waals surface area contributed by atoms with Gasteiger partial charge in [0.1, 0.15) is 5.78 Å². The number of hydrogen-bond acceptors (Lipinski definition) is 3. The van der Waals surface area contributed by atoms with Gasteiger partial charge in [-0.25, -0.2) is 0 Å². The average molecular weight is 226 g/mol. The van der Waals surface area contributed by atoms with Gasteiger partial charge in [-0.2, -0.15) is 0 Å². The van der Waals surface area contributed by atoms with E-state index in [-0.39, 0.29) is 11.7 Å². The second kappa shape index (κ2) is 4.30. The Hall–Kier alpha value is -0.670. The van der Waals surface area contributed by atoms with Gasteiger partial charge in [0.05, 0.1) is 11.7 Å². The molecule has 1 fully saturated rings. The first kappa shape index (κ1) is 13.4. The van der Waals surface area contributed by atoms with E-state index in [0.717, 1.165) is 0 Å². The van der Waals surface area contributed by atoms with Crippen molar-refractivity contribution in [3.8, 4) is 0 Å². The standard InChI is InChI=1S/C13H22O3/c1-9-7-11(15)8-12(3,4)13(9,16)6-5-10(2)14/h5-6,9-10,14,16H,7-8H2,1-4H3/b6-5+/t9-,10?,13-/m1/s1. The fourth-order valence-electron chi connectivity index (χ4n) is 2.55. The van der Waals surface area contributed by atoms with Gasteiger partial charge in [-0.3, -0.25) is 4.79 Å². The predicted octanol–water partition coefficient (Wildman–Crippen LogP) is 1.68. The zero-order valence-corrected chi connectivity index (χ0v) is 10.5. The topological polar surface area (TPSA) is 57.5 Å². The van der Waals surface area contributed by atoms with Crippen molar-refractivity contribution in [3.05, 3.63) is 12.2 Å². The highest BCUT2D eigenvalue weighted by Crippen LogP contribution is 2.46. The van der Waals surface area contributed by atoms with Crippen LogP contribution in [-0.4, -0.2) is 27.7 Å². The number of hydrogen-bond donors (Lipinski definition) is 2. The van der Waals surface area contributed by atoms with Gasteiger partial charge in [-0.15, -0.1) is 0 Å². The van der Waals surface area contributed by atoms with Crippen LogP contribution in [0.3, 0.4) is 0 Å². The van der Waals surface area contributed by atoms with Crippen LogP contribution in [-0.2, 0) is 4.79 Å². The normalized spacial score (nSPS) is 36.6. The number of aliphatic hydroxyl groups is 2. The molecule has 1 aliphatic carbocycles. The number of rotatable bonds is 2. The molecule has 0 aliphatic heterocycles. The van der Waals surface area contributed by atoms with Crippen molar-refractivity contribution in [2.45, 2.75) is 52.2 Å². The van der Waals surface area contributed by atoms with Crippen molar-refractivity contribution in [2.75, 3.05) is 0 Å². The third-order valence-electron chi connectivity index (χ3n) is 3.64. The first-order valence-electron chi connectivity index (χ1n) is 5.80. The van der Waals surface area contributed by atoms with Gasteiger partial charge in [0.25, 0.3) is 0 Å². The number of carbonyl (C=O) groups is 1. The molecule has 0 spiro atoms. The minimum absolute atomic E-state index is 0.112. The fourth-order valence-corrected chi connectivity index (χ4v) is 2.55. The van der Waals surface area contributed by atoms with E-state index < -0.39 is 17.1 Å². The van der Waals surface area contributed by atoms with Crippen LogP contribution in [0, 0.1) is 11.3 Å². The van der Waals surface area contributed by atoms with E-state index in [4.69, 9.17) is 0 Å². The van der Waals surface area contributed by atoms with E-state index >= 15 is 0 Å². The molecule has 0 saturated heterocycles. The monoisotopic (exact) mass is 226 g/mol. The van der Waals surface area contributed by atoms with Gasteiger partial charge in [-0.1, -0.05) is 32.9 Å². The Kier molecular flexibility index (Phi) is 3.60. The Balaban J connectivity index is 3.02. The maximum Gasteiger partial charge on any atom is 0.133 e.